The molecular weight excluding hydrogens is 324 g/mol. The lowest BCUT2D eigenvalue weighted by Gasteiger charge is -2.09. The van der Waals surface area contributed by atoms with Crippen LogP contribution in [0.1, 0.15) is 20.9 Å². The number of thiocarbonyl (C=S) groups is 1. The van der Waals surface area contributed by atoms with Crippen LogP contribution < -0.4 is 10.5 Å². The zero-order valence-corrected chi connectivity index (χ0v) is 13.9. The largest absolute Gasteiger partial charge is 0.389 e. The fourth-order valence-corrected chi connectivity index (χ4v) is 4.16. The highest BCUT2D eigenvalue weighted by atomic mass is 32.2. The van der Waals surface area contributed by atoms with Crippen LogP contribution >= 0.6 is 23.6 Å². The topological polar surface area (TPSA) is 72.2 Å². The summed E-state index contributed by atoms with van der Waals surface area (Å²) in [5.74, 6) is -0.134. The van der Waals surface area contributed by atoms with Gasteiger partial charge in [0.1, 0.15) is 4.99 Å². The molecule has 0 saturated heterocycles. The van der Waals surface area contributed by atoms with Gasteiger partial charge in [0.15, 0.2) is 0 Å². The minimum atomic E-state index is -3.44. The van der Waals surface area contributed by atoms with Gasteiger partial charge in [-0.1, -0.05) is 36.5 Å². The molecule has 2 rings (SSSR count). The second-order valence-corrected chi connectivity index (χ2v) is 8.23. The average Bonchev–Trinajstić information content (AvgIpc) is 2.82. The zero-order valence-electron chi connectivity index (χ0n) is 11.5. The van der Waals surface area contributed by atoms with E-state index in [1.54, 1.807) is 35.6 Å². The molecule has 1 aromatic heterocycles. The van der Waals surface area contributed by atoms with Crippen molar-refractivity contribution in [3.63, 3.8) is 0 Å². The molecule has 0 bridgehead atoms. The third-order valence-electron chi connectivity index (χ3n) is 2.89. The lowest BCUT2D eigenvalue weighted by Crippen LogP contribution is -2.25. The van der Waals surface area contributed by atoms with E-state index < -0.39 is 10.0 Å². The van der Waals surface area contributed by atoms with Gasteiger partial charge in [-0.25, -0.2) is 13.1 Å². The maximum atomic E-state index is 12.2. The third kappa shape index (κ3) is 4.60. The van der Waals surface area contributed by atoms with Crippen molar-refractivity contribution in [2.24, 2.45) is 5.73 Å². The van der Waals surface area contributed by atoms with Crippen molar-refractivity contribution in [3.05, 3.63) is 57.3 Å². The van der Waals surface area contributed by atoms with E-state index in [0.717, 1.165) is 9.75 Å². The SMILES string of the molecule is Cc1ccc(CNS(=O)(=O)Cc2ccccc2C(N)=S)s1. The molecular formula is C14H16N2O2S3. The Hall–Kier alpha value is -1.28. The summed E-state index contributed by atoms with van der Waals surface area (Å²) in [4.78, 5) is 2.34. The molecule has 1 aromatic carbocycles. The summed E-state index contributed by atoms with van der Waals surface area (Å²) in [5.41, 5.74) is 6.83. The van der Waals surface area contributed by atoms with Gasteiger partial charge in [-0.3, -0.25) is 0 Å². The lowest BCUT2D eigenvalue weighted by atomic mass is 10.1. The Bertz CT molecular complexity index is 751. The van der Waals surface area contributed by atoms with Gasteiger partial charge in [0.2, 0.25) is 10.0 Å². The van der Waals surface area contributed by atoms with Crippen LogP contribution in [-0.2, 0) is 22.3 Å². The number of aryl methyl sites for hydroxylation is 1. The summed E-state index contributed by atoms with van der Waals surface area (Å²) in [5, 5.41) is 0. The zero-order chi connectivity index (χ0) is 15.5. The van der Waals surface area contributed by atoms with Crippen molar-refractivity contribution < 1.29 is 8.42 Å². The number of hydrogen-bond donors (Lipinski definition) is 2. The van der Waals surface area contributed by atoms with Gasteiger partial charge in [-0.05, 0) is 24.6 Å². The number of nitrogens with one attached hydrogen (secondary N) is 1. The minimum Gasteiger partial charge on any atom is -0.389 e. The van der Waals surface area contributed by atoms with Gasteiger partial charge in [0.05, 0.1) is 5.75 Å². The van der Waals surface area contributed by atoms with Gasteiger partial charge >= 0.3 is 0 Å². The Morgan fingerprint density at radius 2 is 2.00 bits per heavy atom. The van der Waals surface area contributed by atoms with Crippen LogP contribution in [0.3, 0.4) is 0 Å². The van der Waals surface area contributed by atoms with E-state index >= 15 is 0 Å². The summed E-state index contributed by atoms with van der Waals surface area (Å²) in [6, 6.07) is 10.9. The quantitative estimate of drug-likeness (QED) is 0.792. The Kier molecular flexibility index (Phi) is 5.10. The number of sulfonamides is 1. The molecule has 112 valence electrons. The molecule has 0 atom stereocenters. The first-order chi connectivity index (χ1) is 9.87. The molecule has 0 amide bonds. The van der Waals surface area contributed by atoms with E-state index in [-0.39, 0.29) is 10.7 Å². The predicted molar refractivity (Wildman–Crippen MR) is 90.8 cm³/mol. The standard InChI is InChI=1S/C14H16N2O2S3/c1-10-6-7-12(20-10)8-16-21(17,18)9-11-4-2-3-5-13(11)14(15)19/h2-7,16H,8-9H2,1H3,(H2,15,19). The van der Waals surface area contributed by atoms with Crippen molar-refractivity contribution in [3.8, 4) is 0 Å². The number of thiophene rings is 1. The van der Waals surface area contributed by atoms with Crippen molar-refractivity contribution >= 4 is 38.6 Å². The Balaban J connectivity index is 2.09. The van der Waals surface area contributed by atoms with Crippen molar-refractivity contribution in [1.29, 1.82) is 0 Å². The summed E-state index contributed by atoms with van der Waals surface area (Å²) < 4.78 is 26.9. The number of nitrogens with two attached hydrogens (primary N) is 1. The molecule has 0 aliphatic rings. The smallest absolute Gasteiger partial charge is 0.216 e. The molecule has 0 spiro atoms. The highest BCUT2D eigenvalue weighted by molar-refractivity contribution is 7.88. The maximum absolute atomic E-state index is 12.2. The molecule has 3 N–H and O–H groups in total. The van der Waals surface area contributed by atoms with Gasteiger partial charge in [0, 0.05) is 21.9 Å². The molecule has 7 heteroatoms. The molecule has 0 radical (unpaired) electrons. The number of rotatable bonds is 6. The van der Waals surface area contributed by atoms with E-state index in [0.29, 0.717) is 17.7 Å². The number of hydrogen-bond acceptors (Lipinski definition) is 4. The fourth-order valence-electron chi connectivity index (χ4n) is 1.90. The second-order valence-electron chi connectivity index (χ2n) is 4.61. The van der Waals surface area contributed by atoms with Crippen molar-refractivity contribution in [1.82, 2.24) is 4.72 Å². The maximum Gasteiger partial charge on any atom is 0.216 e. The van der Waals surface area contributed by atoms with Gasteiger partial charge in [-0.2, -0.15) is 0 Å². The van der Waals surface area contributed by atoms with Crippen LogP contribution in [0, 0.1) is 6.92 Å². The van der Waals surface area contributed by atoms with E-state index in [1.807, 2.05) is 19.1 Å². The highest BCUT2D eigenvalue weighted by Gasteiger charge is 2.15. The Morgan fingerprint density at radius 3 is 2.62 bits per heavy atom. The Morgan fingerprint density at radius 1 is 1.29 bits per heavy atom. The molecule has 1 heterocycles. The molecule has 0 unspecified atom stereocenters. The highest BCUT2D eigenvalue weighted by Crippen LogP contribution is 2.16. The molecule has 0 aliphatic carbocycles. The van der Waals surface area contributed by atoms with Crippen LogP contribution in [0.15, 0.2) is 36.4 Å². The third-order valence-corrected chi connectivity index (χ3v) is 5.39. The van der Waals surface area contributed by atoms with Crippen LogP contribution in [-0.4, -0.2) is 13.4 Å². The lowest BCUT2D eigenvalue weighted by molar-refractivity contribution is 0.581. The number of benzene rings is 1. The van der Waals surface area contributed by atoms with Gasteiger partial charge in [0.25, 0.3) is 0 Å². The predicted octanol–water partition coefficient (Wildman–Crippen LogP) is 2.31. The van der Waals surface area contributed by atoms with E-state index in [9.17, 15) is 8.42 Å². The van der Waals surface area contributed by atoms with Crippen molar-refractivity contribution in [2.45, 2.75) is 19.2 Å². The van der Waals surface area contributed by atoms with Crippen LogP contribution in [0.4, 0.5) is 0 Å². The molecule has 4 nitrogen and oxygen atoms in total. The van der Waals surface area contributed by atoms with Gasteiger partial charge in [-0.15, -0.1) is 11.3 Å². The fraction of sp³-hybridized carbons (Fsp3) is 0.214. The van der Waals surface area contributed by atoms with E-state index in [2.05, 4.69) is 4.72 Å². The summed E-state index contributed by atoms with van der Waals surface area (Å²) in [6.07, 6.45) is 0. The van der Waals surface area contributed by atoms with Gasteiger partial charge < -0.3 is 5.73 Å². The second kappa shape index (κ2) is 6.65. The first-order valence-corrected chi connectivity index (χ1v) is 9.15. The van der Waals surface area contributed by atoms with Crippen molar-refractivity contribution in [2.75, 3.05) is 0 Å². The van der Waals surface area contributed by atoms with E-state index in [4.69, 9.17) is 18.0 Å². The average molecular weight is 340 g/mol. The molecule has 2 aromatic rings. The first-order valence-electron chi connectivity index (χ1n) is 6.28. The molecule has 0 saturated carbocycles. The summed E-state index contributed by atoms with van der Waals surface area (Å²) >= 11 is 6.52. The monoisotopic (exact) mass is 340 g/mol. The normalized spacial score (nSPS) is 11.5. The van der Waals surface area contributed by atoms with Crippen LogP contribution in [0.25, 0.3) is 0 Å². The summed E-state index contributed by atoms with van der Waals surface area (Å²) in [7, 11) is -3.44. The molecule has 21 heavy (non-hydrogen) atoms. The first kappa shape index (κ1) is 16.1. The molecule has 0 aliphatic heterocycles. The van der Waals surface area contributed by atoms with E-state index in [1.165, 1.54) is 0 Å². The van der Waals surface area contributed by atoms with Crippen LogP contribution in [0.5, 0.6) is 0 Å². The minimum absolute atomic E-state index is 0.134. The summed E-state index contributed by atoms with van der Waals surface area (Å²) in [6.45, 7) is 2.29. The van der Waals surface area contributed by atoms with Crippen LogP contribution in [0.2, 0.25) is 0 Å². The Labute approximate surface area is 134 Å². The molecule has 0 fully saturated rings.